The van der Waals surface area contributed by atoms with Crippen LogP contribution in [0.1, 0.15) is 11.1 Å². The van der Waals surface area contributed by atoms with E-state index in [2.05, 4.69) is 5.32 Å². The maximum absolute atomic E-state index is 13.2. The molecule has 0 unspecified atom stereocenters. The molecule has 1 atom stereocenters. The molecule has 3 aromatic carbocycles. The maximum atomic E-state index is 13.2. The van der Waals surface area contributed by atoms with Gasteiger partial charge in [0, 0.05) is 6.54 Å². The number of hydrogen-bond donors (Lipinski definition) is 1. The minimum atomic E-state index is -3.76. The smallest absolute Gasteiger partial charge is 0.263 e. The van der Waals surface area contributed by atoms with Crippen molar-refractivity contribution in [3.8, 4) is 5.75 Å². The Kier molecular flexibility index (Phi) is 5.90. The van der Waals surface area contributed by atoms with E-state index >= 15 is 0 Å². The number of ether oxygens (including phenoxy) is 1. The van der Waals surface area contributed by atoms with E-state index in [0.717, 1.165) is 5.56 Å². The lowest BCUT2D eigenvalue weighted by Gasteiger charge is -2.34. The summed E-state index contributed by atoms with van der Waals surface area (Å²) in [4.78, 5) is 12.7. The average Bonchev–Trinajstić information content (AvgIpc) is 2.78. The van der Waals surface area contributed by atoms with Crippen LogP contribution in [0.4, 0.5) is 10.1 Å². The number of benzene rings is 3. The molecule has 0 radical (unpaired) electrons. The van der Waals surface area contributed by atoms with Crippen molar-refractivity contribution < 1.29 is 22.3 Å². The van der Waals surface area contributed by atoms with Gasteiger partial charge >= 0.3 is 0 Å². The summed E-state index contributed by atoms with van der Waals surface area (Å²) in [7, 11) is -3.76. The number of para-hydroxylation sites is 2. The van der Waals surface area contributed by atoms with Gasteiger partial charge in [0.1, 0.15) is 11.6 Å². The number of rotatable bonds is 6. The number of carbonyl (C=O) groups is 1. The lowest BCUT2D eigenvalue weighted by Crippen LogP contribution is -2.50. The number of nitrogens with one attached hydrogen (secondary N) is 1. The molecule has 1 N–H and O–H groups in total. The summed E-state index contributed by atoms with van der Waals surface area (Å²) in [5.41, 5.74) is 1.78. The summed E-state index contributed by atoms with van der Waals surface area (Å²) in [6.45, 7) is 0.0405. The van der Waals surface area contributed by atoms with Gasteiger partial charge in [0.2, 0.25) is 10.0 Å². The fourth-order valence-electron chi connectivity index (χ4n) is 3.37. The molecule has 0 fully saturated rings. The molecule has 1 amide bonds. The number of nitrogens with zero attached hydrogens (tertiary/aromatic N) is 1. The molecule has 4 rings (SSSR count). The fourth-order valence-corrected chi connectivity index (χ4v) is 4.95. The van der Waals surface area contributed by atoms with Crippen molar-refractivity contribution >= 4 is 21.6 Å². The molecule has 3 aromatic rings. The molecular weight excluding hydrogens is 419 g/mol. The Morgan fingerprint density at radius 3 is 2.39 bits per heavy atom. The van der Waals surface area contributed by atoms with Crippen LogP contribution in [0.15, 0.2) is 78.9 Å². The van der Waals surface area contributed by atoms with E-state index in [9.17, 15) is 17.6 Å². The van der Waals surface area contributed by atoms with E-state index in [1.807, 2.05) is 6.07 Å². The Hall–Kier alpha value is -3.39. The molecule has 0 saturated carbocycles. The van der Waals surface area contributed by atoms with Gasteiger partial charge in [0.05, 0.1) is 18.0 Å². The van der Waals surface area contributed by atoms with Crippen LogP contribution in [0.5, 0.6) is 5.75 Å². The third kappa shape index (κ3) is 4.86. The van der Waals surface area contributed by atoms with Crippen molar-refractivity contribution in [3.05, 3.63) is 95.8 Å². The third-order valence-corrected chi connectivity index (χ3v) is 6.65. The number of carbonyl (C=O) groups excluding carboxylic acids is 1. The summed E-state index contributed by atoms with van der Waals surface area (Å²) in [5.74, 6) is -0.667. The van der Waals surface area contributed by atoms with E-state index in [-0.39, 0.29) is 24.7 Å². The monoisotopic (exact) mass is 440 g/mol. The fraction of sp³-hybridized carbons (Fsp3) is 0.174. The van der Waals surface area contributed by atoms with Crippen LogP contribution in [0.3, 0.4) is 0 Å². The summed E-state index contributed by atoms with van der Waals surface area (Å²) in [6.07, 6.45) is -1.01. The zero-order chi connectivity index (χ0) is 21.8. The number of sulfonamides is 1. The minimum absolute atomic E-state index is 0.137. The number of hydrogen-bond acceptors (Lipinski definition) is 4. The average molecular weight is 440 g/mol. The molecule has 160 valence electrons. The standard InChI is InChI=1S/C23H21FN2O4S/c24-19-12-10-17(11-13-19)14-25-23(27)22-15-26(20-8-4-5-9-21(20)30-22)31(28,29)16-18-6-2-1-3-7-18/h1-13,22H,14-16H2,(H,25,27)/t22-/m1/s1. The number of amides is 1. The van der Waals surface area contributed by atoms with Gasteiger partial charge in [0.15, 0.2) is 6.10 Å². The van der Waals surface area contributed by atoms with Crippen LogP contribution >= 0.6 is 0 Å². The number of anilines is 1. The summed E-state index contributed by atoms with van der Waals surface area (Å²) in [6, 6.07) is 21.4. The van der Waals surface area contributed by atoms with Gasteiger partial charge in [-0.15, -0.1) is 0 Å². The van der Waals surface area contributed by atoms with E-state index in [1.165, 1.54) is 16.4 Å². The quantitative estimate of drug-likeness (QED) is 0.639. The van der Waals surface area contributed by atoms with Crippen LogP contribution in [0.25, 0.3) is 0 Å². The lowest BCUT2D eigenvalue weighted by molar-refractivity contribution is -0.127. The van der Waals surface area contributed by atoms with E-state index in [1.54, 1.807) is 60.7 Å². The van der Waals surface area contributed by atoms with E-state index in [4.69, 9.17) is 4.74 Å². The predicted octanol–water partition coefficient (Wildman–Crippen LogP) is 3.24. The van der Waals surface area contributed by atoms with Gasteiger partial charge in [-0.1, -0.05) is 54.6 Å². The van der Waals surface area contributed by atoms with Crippen molar-refractivity contribution in [1.29, 1.82) is 0 Å². The van der Waals surface area contributed by atoms with Crippen LogP contribution in [0.2, 0.25) is 0 Å². The molecule has 8 heteroatoms. The normalized spacial score (nSPS) is 15.6. The highest BCUT2D eigenvalue weighted by atomic mass is 32.2. The first-order valence-electron chi connectivity index (χ1n) is 9.74. The number of halogens is 1. The second-order valence-corrected chi connectivity index (χ2v) is 9.08. The van der Waals surface area contributed by atoms with Crippen LogP contribution in [0, 0.1) is 5.82 Å². The van der Waals surface area contributed by atoms with Crippen molar-refractivity contribution in [2.75, 3.05) is 10.8 Å². The second kappa shape index (κ2) is 8.77. The van der Waals surface area contributed by atoms with Crippen LogP contribution < -0.4 is 14.4 Å². The van der Waals surface area contributed by atoms with Gasteiger partial charge in [-0.3, -0.25) is 9.10 Å². The third-order valence-electron chi connectivity index (χ3n) is 4.93. The Morgan fingerprint density at radius 2 is 1.65 bits per heavy atom. The molecule has 0 spiro atoms. The Balaban J connectivity index is 1.53. The Labute approximate surface area is 180 Å². The highest BCUT2D eigenvalue weighted by Gasteiger charge is 2.36. The highest BCUT2D eigenvalue weighted by molar-refractivity contribution is 7.92. The SMILES string of the molecule is O=C(NCc1ccc(F)cc1)[C@H]1CN(S(=O)(=O)Cc2ccccc2)c2ccccc2O1. The molecule has 1 aliphatic rings. The first-order chi connectivity index (χ1) is 14.9. The molecule has 1 heterocycles. The first-order valence-corrected chi connectivity index (χ1v) is 11.4. The van der Waals surface area contributed by atoms with Gasteiger partial charge in [-0.2, -0.15) is 0 Å². The molecule has 31 heavy (non-hydrogen) atoms. The Morgan fingerprint density at radius 1 is 0.968 bits per heavy atom. The molecule has 0 aliphatic carbocycles. The molecule has 0 bridgehead atoms. The molecule has 0 saturated heterocycles. The Bertz CT molecular complexity index is 1170. The largest absolute Gasteiger partial charge is 0.476 e. The van der Waals surface area contributed by atoms with Gasteiger partial charge in [0.25, 0.3) is 5.91 Å². The topological polar surface area (TPSA) is 75.7 Å². The highest BCUT2D eigenvalue weighted by Crippen LogP contribution is 2.35. The first kappa shape index (κ1) is 20.9. The van der Waals surface area contributed by atoms with Crippen LogP contribution in [-0.2, 0) is 27.1 Å². The molecule has 0 aromatic heterocycles. The lowest BCUT2D eigenvalue weighted by atomic mass is 10.2. The molecule has 6 nitrogen and oxygen atoms in total. The summed E-state index contributed by atoms with van der Waals surface area (Å²) >= 11 is 0. The van der Waals surface area contributed by atoms with Crippen molar-refractivity contribution in [1.82, 2.24) is 5.32 Å². The predicted molar refractivity (Wildman–Crippen MR) is 116 cm³/mol. The minimum Gasteiger partial charge on any atom is -0.476 e. The van der Waals surface area contributed by atoms with Gasteiger partial charge < -0.3 is 10.1 Å². The summed E-state index contributed by atoms with van der Waals surface area (Å²) in [5, 5.41) is 2.73. The number of fused-ring (bicyclic) bond motifs is 1. The zero-order valence-corrected chi connectivity index (χ0v) is 17.4. The zero-order valence-electron chi connectivity index (χ0n) is 16.6. The molecule has 1 aliphatic heterocycles. The summed E-state index contributed by atoms with van der Waals surface area (Å²) < 4.78 is 46.5. The van der Waals surface area contributed by atoms with Crippen molar-refractivity contribution in [2.24, 2.45) is 0 Å². The van der Waals surface area contributed by atoms with Gasteiger partial charge in [-0.25, -0.2) is 12.8 Å². The van der Waals surface area contributed by atoms with Crippen molar-refractivity contribution in [2.45, 2.75) is 18.4 Å². The van der Waals surface area contributed by atoms with Crippen molar-refractivity contribution in [3.63, 3.8) is 0 Å². The van der Waals surface area contributed by atoms with E-state index < -0.39 is 22.0 Å². The van der Waals surface area contributed by atoms with E-state index in [0.29, 0.717) is 17.0 Å². The molecular formula is C23H21FN2O4S. The maximum Gasteiger partial charge on any atom is 0.263 e. The van der Waals surface area contributed by atoms with Gasteiger partial charge in [-0.05, 0) is 35.4 Å². The van der Waals surface area contributed by atoms with Crippen LogP contribution in [-0.4, -0.2) is 27.0 Å². The second-order valence-electron chi connectivity index (χ2n) is 7.19.